The average Bonchev–Trinajstić information content (AvgIpc) is 2.32. The largest absolute Gasteiger partial charge is 0.475 e. The fourth-order valence-corrected chi connectivity index (χ4v) is 2.07. The molecule has 0 unspecified atom stereocenters. The Morgan fingerprint density at radius 2 is 1.62 bits per heavy atom. The lowest BCUT2D eigenvalue weighted by atomic mass is 9.72. The Kier molecular flexibility index (Phi) is 3.82. The van der Waals surface area contributed by atoms with E-state index in [1.807, 2.05) is 44.2 Å². The number of aliphatic carboxylic acids is 1. The second-order valence-corrected chi connectivity index (χ2v) is 3.79. The van der Waals surface area contributed by atoms with E-state index in [1.165, 1.54) is 0 Å². The molecule has 0 saturated carbocycles. The first-order valence-corrected chi connectivity index (χ1v) is 5.41. The van der Waals surface area contributed by atoms with Crippen LogP contribution in [0, 0.1) is 0 Å². The van der Waals surface area contributed by atoms with E-state index in [2.05, 4.69) is 0 Å². The SMILES string of the molecule is CCC(CC)(C(=O)C(=O)O)c1ccccc1. The third kappa shape index (κ3) is 1.98. The highest BCUT2D eigenvalue weighted by Crippen LogP contribution is 2.32. The van der Waals surface area contributed by atoms with Crippen molar-refractivity contribution in [2.75, 3.05) is 0 Å². The van der Waals surface area contributed by atoms with Gasteiger partial charge in [0, 0.05) is 0 Å². The van der Waals surface area contributed by atoms with Crippen molar-refractivity contribution in [1.82, 2.24) is 0 Å². The monoisotopic (exact) mass is 220 g/mol. The molecule has 0 aromatic heterocycles. The molecule has 3 heteroatoms. The van der Waals surface area contributed by atoms with Gasteiger partial charge in [-0.25, -0.2) is 4.79 Å². The Labute approximate surface area is 95.1 Å². The van der Waals surface area contributed by atoms with Crippen LogP contribution in [0.15, 0.2) is 30.3 Å². The third-order valence-corrected chi connectivity index (χ3v) is 3.16. The first-order valence-electron chi connectivity index (χ1n) is 5.41. The molecular formula is C13H16O3. The Hall–Kier alpha value is -1.64. The van der Waals surface area contributed by atoms with E-state index in [0.717, 1.165) is 5.56 Å². The van der Waals surface area contributed by atoms with Crippen molar-refractivity contribution in [3.8, 4) is 0 Å². The molecule has 0 aliphatic carbocycles. The van der Waals surface area contributed by atoms with Gasteiger partial charge in [-0.05, 0) is 18.4 Å². The number of carboxylic acids is 1. The summed E-state index contributed by atoms with van der Waals surface area (Å²) in [7, 11) is 0. The predicted molar refractivity (Wildman–Crippen MR) is 61.3 cm³/mol. The van der Waals surface area contributed by atoms with Gasteiger partial charge >= 0.3 is 5.97 Å². The molecule has 1 N–H and O–H groups in total. The minimum absolute atomic E-state index is 0.499. The van der Waals surface area contributed by atoms with Crippen LogP contribution in [0.5, 0.6) is 0 Å². The smallest absolute Gasteiger partial charge is 0.373 e. The zero-order chi connectivity index (χ0) is 12.2. The van der Waals surface area contributed by atoms with Crippen LogP contribution >= 0.6 is 0 Å². The number of Topliss-reactive ketones (excluding diaryl/α,β-unsaturated/α-hetero) is 1. The number of carbonyl (C=O) groups excluding carboxylic acids is 1. The van der Waals surface area contributed by atoms with Crippen LogP contribution in [0.2, 0.25) is 0 Å². The fraction of sp³-hybridized carbons (Fsp3) is 0.385. The molecule has 1 aromatic carbocycles. The zero-order valence-corrected chi connectivity index (χ0v) is 9.56. The van der Waals surface area contributed by atoms with Gasteiger partial charge in [-0.15, -0.1) is 0 Å². The first-order chi connectivity index (χ1) is 7.58. The van der Waals surface area contributed by atoms with Crippen molar-refractivity contribution in [2.45, 2.75) is 32.1 Å². The Morgan fingerprint density at radius 3 is 2.00 bits per heavy atom. The minimum atomic E-state index is -1.35. The zero-order valence-electron chi connectivity index (χ0n) is 9.56. The molecule has 0 spiro atoms. The van der Waals surface area contributed by atoms with E-state index >= 15 is 0 Å². The summed E-state index contributed by atoms with van der Waals surface area (Å²) in [6.07, 6.45) is 0.997. The van der Waals surface area contributed by atoms with Crippen LogP contribution in [0.3, 0.4) is 0 Å². The molecule has 1 aromatic rings. The van der Waals surface area contributed by atoms with Gasteiger partial charge < -0.3 is 5.11 Å². The van der Waals surface area contributed by atoms with Gasteiger partial charge in [0.2, 0.25) is 5.78 Å². The topological polar surface area (TPSA) is 54.4 Å². The van der Waals surface area contributed by atoms with Crippen molar-refractivity contribution in [2.24, 2.45) is 0 Å². The van der Waals surface area contributed by atoms with E-state index < -0.39 is 17.2 Å². The Morgan fingerprint density at radius 1 is 1.12 bits per heavy atom. The summed E-state index contributed by atoms with van der Waals surface area (Å²) in [5.41, 5.74) is -0.0972. The van der Waals surface area contributed by atoms with E-state index in [9.17, 15) is 9.59 Å². The number of rotatable bonds is 5. The Balaban J connectivity index is 3.26. The molecule has 0 aliphatic rings. The van der Waals surface area contributed by atoms with Gasteiger partial charge in [-0.2, -0.15) is 0 Å². The molecular weight excluding hydrogens is 204 g/mol. The maximum atomic E-state index is 11.8. The quantitative estimate of drug-likeness (QED) is 0.775. The summed E-state index contributed by atoms with van der Waals surface area (Å²) in [5.74, 6) is -2.07. The van der Waals surface area contributed by atoms with Crippen molar-refractivity contribution < 1.29 is 14.7 Å². The summed E-state index contributed by atoms with van der Waals surface area (Å²) >= 11 is 0. The number of ketones is 1. The van der Waals surface area contributed by atoms with Crippen LogP contribution in [-0.4, -0.2) is 16.9 Å². The number of carbonyl (C=O) groups is 2. The van der Waals surface area contributed by atoms with Crippen molar-refractivity contribution in [3.63, 3.8) is 0 Å². The average molecular weight is 220 g/mol. The van der Waals surface area contributed by atoms with Gasteiger partial charge in [-0.1, -0.05) is 44.2 Å². The molecule has 0 fully saturated rings. The van der Waals surface area contributed by atoms with Crippen molar-refractivity contribution in [3.05, 3.63) is 35.9 Å². The lowest BCUT2D eigenvalue weighted by Crippen LogP contribution is -2.39. The fourth-order valence-electron chi connectivity index (χ4n) is 2.07. The maximum Gasteiger partial charge on any atom is 0.373 e. The number of hydrogen-bond donors (Lipinski definition) is 1. The van der Waals surface area contributed by atoms with Crippen molar-refractivity contribution in [1.29, 1.82) is 0 Å². The normalized spacial score (nSPS) is 11.1. The number of hydrogen-bond acceptors (Lipinski definition) is 2. The molecule has 1 rings (SSSR count). The van der Waals surface area contributed by atoms with Gasteiger partial charge in [0.25, 0.3) is 0 Å². The lowest BCUT2D eigenvalue weighted by Gasteiger charge is -2.28. The standard InChI is InChI=1S/C13H16O3/c1-3-13(4-2,11(14)12(15)16)10-8-6-5-7-9-10/h5-9H,3-4H2,1-2H3,(H,15,16). The molecule has 0 saturated heterocycles. The van der Waals surface area contributed by atoms with E-state index in [1.54, 1.807) is 0 Å². The molecule has 86 valence electrons. The molecule has 0 atom stereocenters. The molecule has 3 nitrogen and oxygen atoms in total. The summed E-state index contributed by atoms with van der Waals surface area (Å²) in [6.45, 7) is 3.69. The predicted octanol–water partition coefficient (Wildman–Crippen LogP) is 2.40. The highest BCUT2D eigenvalue weighted by atomic mass is 16.4. The van der Waals surface area contributed by atoms with Gasteiger partial charge in [0.05, 0.1) is 5.41 Å². The van der Waals surface area contributed by atoms with Crippen LogP contribution in [-0.2, 0) is 15.0 Å². The van der Waals surface area contributed by atoms with E-state index in [4.69, 9.17) is 5.11 Å². The van der Waals surface area contributed by atoms with Crippen LogP contribution in [0.25, 0.3) is 0 Å². The van der Waals surface area contributed by atoms with E-state index in [-0.39, 0.29) is 0 Å². The summed E-state index contributed by atoms with van der Waals surface area (Å²) < 4.78 is 0. The van der Waals surface area contributed by atoms with Gasteiger partial charge in [0.15, 0.2) is 0 Å². The molecule has 0 bridgehead atoms. The Bertz CT molecular complexity index is 377. The summed E-state index contributed by atoms with van der Waals surface area (Å²) in [6, 6.07) is 9.13. The minimum Gasteiger partial charge on any atom is -0.475 e. The molecule has 0 amide bonds. The third-order valence-electron chi connectivity index (χ3n) is 3.16. The maximum absolute atomic E-state index is 11.8. The molecule has 0 heterocycles. The highest BCUT2D eigenvalue weighted by molar-refractivity contribution is 6.36. The van der Waals surface area contributed by atoms with Crippen LogP contribution in [0.1, 0.15) is 32.3 Å². The number of carboxylic acid groups (broad SMARTS) is 1. The van der Waals surface area contributed by atoms with Crippen LogP contribution < -0.4 is 0 Å². The van der Waals surface area contributed by atoms with Crippen molar-refractivity contribution >= 4 is 11.8 Å². The second kappa shape index (κ2) is 4.92. The first kappa shape index (κ1) is 12.4. The summed E-state index contributed by atoms with van der Waals surface area (Å²) in [4.78, 5) is 22.7. The van der Waals surface area contributed by atoms with E-state index in [0.29, 0.717) is 12.8 Å². The number of benzene rings is 1. The van der Waals surface area contributed by atoms with Crippen LogP contribution in [0.4, 0.5) is 0 Å². The van der Waals surface area contributed by atoms with Gasteiger partial charge in [0.1, 0.15) is 0 Å². The molecule has 0 aliphatic heterocycles. The lowest BCUT2D eigenvalue weighted by molar-refractivity contribution is -0.152. The van der Waals surface area contributed by atoms with Gasteiger partial charge in [-0.3, -0.25) is 4.79 Å². The highest BCUT2D eigenvalue weighted by Gasteiger charge is 2.40. The second-order valence-electron chi connectivity index (χ2n) is 3.79. The summed E-state index contributed by atoms with van der Waals surface area (Å²) in [5, 5.41) is 8.89. The molecule has 16 heavy (non-hydrogen) atoms. The molecule has 0 radical (unpaired) electrons.